The number of hydrogen-bond donors (Lipinski definition) is 1. The molecular weight excluding hydrogens is 316 g/mol. The molecule has 2 aromatic rings. The van der Waals surface area contributed by atoms with E-state index >= 15 is 0 Å². The van der Waals surface area contributed by atoms with Crippen molar-refractivity contribution in [2.75, 3.05) is 14.2 Å². The Kier molecular flexibility index (Phi) is 5.21. The highest BCUT2D eigenvalue weighted by atomic mass is 32.2. The zero-order valence-electron chi connectivity index (χ0n) is 12.7. The molecule has 2 rings (SSSR count). The van der Waals surface area contributed by atoms with E-state index in [4.69, 9.17) is 14.7 Å². The molecule has 0 saturated carbocycles. The van der Waals surface area contributed by atoms with E-state index in [-0.39, 0.29) is 17.0 Å². The lowest BCUT2D eigenvalue weighted by molar-refractivity contribution is 0.398. The monoisotopic (exact) mass is 332 g/mol. The molecule has 0 heterocycles. The molecule has 23 heavy (non-hydrogen) atoms. The summed E-state index contributed by atoms with van der Waals surface area (Å²) in [5.74, 6) is 1.14. The fourth-order valence-electron chi connectivity index (χ4n) is 2.06. The van der Waals surface area contributed by atoms with Crippen molar-refractivity contribution in [2.24, 2.45) is 0 Å². The van der Waals surface area contributed by atoms with Crippen molar-refractivity contribution < 1.29 is 17.9 Å². The summed E-state index contributed by atoms with van der Waals surface area (Å²) in [5.41, 5.74) is 0.725. The molecule has 0 amide bonds. The molecule has 0 radical (unpaired) electrons. The van der Waals surface area contributed by atoms with Crippen molar-refractivity contribution in [1.82, 2.24) is 4.72 Å². The van der Waals surface area contributed by atoms with E-state index in [1.807, 2.05) is 6.07 Å². The molecule has 0 atom stereocenters. The van der Waals surface area contributed by atoms with Crippen molar-refractivity contribution in [1.29, 1.82) is 5.26 Å². The highest BCUT2D eigenvalue weighted by molar-refractivity contribution is 7.89. The molecule has 0 aliphatic heterocycles. The minimum absolute atomic E-state index is 0.0163. The highest BCUT2D eigenvalue weighted by Gasteiger charge is 2.18. The van der Waals surface area contributed by atoms with Crippen LogP contribution in [0.25, 0.3) is 0 Å². The number of rotatable bonds is 6. The van der Waals surface area contributed by atoms with Crippen LogP contribution < -0.4 is 14.2 Å². The quantitative estimate of drug-likeness (QED) is 0.874. The fourth-order valence-corrected chi connectivity index (χ4v) is 3.23. The summed E-state index contributed by atoms with van der Waals surface area (Å²) in [6, 6.07) is 13.0. The van der Waals surface area contributed by atoms with Gasteiger partial charge in [0.25, 0.3) is 0 Å². The molecular formula is C16H16N2O4S. The van der Waals surface area contributed by atoms with Crippen molar-refractivity contribution in [3.8, 4) is 17.6 Å². The van der Waals surface area contributed by atoms with Crippen LogP contribution in [0.4, 0.5) is 0 Å². The molecule has 2 aromatic carbocycles. The van der Waals surface area contributed by atoms with Gasteiger partial charge < -0.3 is 9.47 Å². The Morgan fingerprint density at radius 1 is 1.13 bits per heavy atom. The molecule has 0 aromatic heterocycles. The van der Waals surface area contributed by atoms with Crippen LogP contribution in [-0.2, 0) is 16.6 Å². The maximum Gasteiger partial charge on any atom is 0.242 e. The van der Waals surface area contributed by atoms with Gasteiger partial charge in [0.05, 0.1) is 24.7 Å². The largest absolute Gasteiger partial charge is 0.497 e. The minimum atomic E-state index is -3.81. The fraction of sp³-hybridized carbons (Fsp3) is 0.188. The van der Waals surface area contributed by atoms with E-state index in [0.29, 0.717) is 17.1 Å². The first-order valence-electron chi connectivity index (χ1n) is 6.71. The lowest BCUT2D eigenvalue weighted by Crippen LogP contribution is -2.24. The smallest absolute Gasteiger partial charge is 0.242 e. The number of nitriles is 1. The van der Waals surface area contributed by atoms with Crippen LogP contribution in [0.1, 0.15) is 11.1 Å². The first-order chi connectivity index (χ1) is 11.0. The second-order valence-corrected chi connectivity index (χ2v) is 6.35. The Morgan fingerprint density at radius 3 is 2.52 bits per heavy atom. The number of sulfonamides is 1. The first-order valence-corrected chi connectivity index (χ1v) is 8.20. The third-order valence-electron chi connectivity index (χ3n) is 3.24. The standard InChI is InChI=1S/C16H16N2O4S/c1-21-14-7-8-15(22-2)13(9-14)11-18-23(19,20)16-6-4-3-5-12(16)10-17/h3-9,18H,11H2,1-2H3. The lowest BCUT2D eigenvalue weighted by Gasteiger charge is -2.12. The normalized spacial score (nSPS) is 10.8. The Labute approximate surface area is 135 Å². The molecule has 6 nitrogen and oxygen atoms in total. The number of ether oxygens (including phenoxy) is 2. The van der Waals surface area contributed by atoms with E-state index in [1.165, 1.54) is 26.4 Å². The van der Waals surface area contributed by atoms with Crippen LogP contribution >= 0.6 is 0 Å². The average Bonchev–Trinajstić information content (AvgIpc) is 2.59. The van der Waals surface area contributed by atoms with E-state index in [0.717, 1.165) is 0 Å². The number of benzene rings is 2. The van der Waals surface area contributed by atoms with Gasteiger partial charge in [-0.2, -0.15) is 5.26 Å². The summed E-state index contributed by atoms with van der Waals surface area (Å²) in [6.45, 7) is 0.0163. The van der Waals surface area contributed by atoms with Crippen molar-refractivity contribution in [3.63, 3.8) is 0 Å². The van der Waals surface area contributed by atoms with Crippen molar-refractivity contribution in [2.45, 2.75) is 11.4 Å². The van der Waals surface area contributed by atoms with Crippen molar-refractivity contribution >= 4 is 10.0 Å². The van der Waals surface area contributed by atoms with Gasteiger partial charge in [-0.25, -0.2) is 13.1 Å². The van der Waals surface area contributed by atoms with Crippen LogP contribution in [0.3, 0.4) is 0 Å². The van der Waals surface area contributed by atoms with E-state index in [2.05, 4.69) is 4.72 Å². The molecule has 0 saturated heterocycles. The summed E-state index contributed by atoms with van der Waals surface area (Å²) in [7, 11) is -0.783. The summed E-state index contributed by atoms with van der Waals surface area (Å²) in [4.78, 5) is -0.0515. The van der Waals surface area contributed by atoms with E-state index in [1.54, 1.807) is 30.3 Å². The van der Waals surface area contributed by atoms with Crippen molar-refractivity contribution in [3.05, 3.63) is 53.6 Å². The van der Waals surface area contributed by atoms with Crippen LogP contribution in [-0.4, -0.2) is 22.6 Å². The molecule has 120 valence electrons. The average molecular weight is 332 g/mol. The predicted octanol–water partition coefficient (Wildman–Crippen LogP) is 2.05. The van der Waals surface area contributed by atoms with Gasteiger partial charge in [0.15, 0.2) is 0 Å². The minimum Gasteiger partial charge on any atom is -0.497 e. The molecule has 0 fully saturated rings. The zero-order chi connectivity index (χ0) is 16.9. The summed E-state index contributed by atoms with van der Waals surface area (Å²) < 4.78 is 37.6. The van der Waals surface area contributed by atoms with E-state index in [9.17, 15) is 8.42 Å². The molecule has 1 N–H and O–H groups in total. The molecule has 0 bridgehead atoms. The Hall–Kier alpha value is -2.56. The van der Waals surface area contributed by atoms with Gasteiger partial charge in [0, 0.05) is 12.1 Å². The van der Waals surface area contributed by atoms with Crippen LogP contribution in [0.15, 0.2) is 47.4 Å². The summed E-state index contributed by atoms with van der Waals surface area (Å²) in [5, 5.41) is 9.04. The van der Waals surface area contributed by atoms with Gasteiger partial charge in [0.1, 0.15) is 17.6 Å². The molecule has 0 aliphatic carbocycles. The van der Waals surface area contributed by atoms with Crippen LogP contribution in [0.5, 0.6) is 11.5 Å². The maximum absolute atomic E-state index is 12.4. The highest BCUT2D eigenvalue weighted by Crippen LogP contribution is 2.24. The first kappa shape index (κ1) is 16.8. The van der Waals surface area contributed by atoms with Gasteiger partial charge in [-0.05, 0) is 30.3 Å². The lowest BCUT2D eigenvalue weighted by atomic mass is 10.2. The third-order valence-corrected chi connectivity index (χ3v) is 4.70. The van der Waals surface area contributed by atoms with E-state index < -0.39 is 10.0 Å². The molecule has 0 unspecified atom stereocenters. The van der Waals surface area contributed by atoms with Gasteiger partial charge in [-0.3, -0.25) is 0 Å². The third kappa shape index (κ3) is 3.80. The number of methoxy groups -OCH3 is 2. The predicted molar refractivity (Wildman–Crippen MR) is 84.7 cm³/mol. The van der Waals surface area contributed by atoms with Gasteiger partial charge in [-0.15, -0.1) is 0 Å². The van der Waals surface area contributed by atoms with Gasteiger partial charge >= 0.3 is 0 Å². The van der Waals surface area contributed by atoms with Crippen LogP contribution in [0, 0.1) is 11.3 Å². The number of nitrogens with zero attached hydrogens (tertiary/aromatic N) is 1. The molecule has 0 aliphatic rings. The number of nitrogens with one attached hydrogen (secondary N) is 1. The topological polar surface area (TPSA) is 88.4 Å². The van der Waals surface area contributed by atoms with Crippen LogP contribution in [0.2, 0.25) is 0 Å². The molecule has 0 spiro atoms. The van der Waals surface area contributed by atoms with Gasteiger partial charge in [0.2, 0.25) is 10.0 Å². The van der Waals surface area contributed by atoms with Gasteiger partial charge in [-0.1, -0.05) is 12.1 Å². The Balaban J connectivity index is 2.28. The molecule has 7 heteroatoms. The zero-order valence-corrected chi connectivity index (χ0v) is 13.6. The second kappa shape index (κ2) is 7.13. The SMILES string of the molecule is COc1ccc(OC)c(CNS(=O)(=O)c2ccccc2C#N)c1. The second-order valence-electron chi connectivity index (χ2n) is 4.61. The number of hydrogen-bond acceptors (Lipinski definition) is 5. The Morgan fingerprint density at radius 2 is 1.87 bits per heavy atom. The summed E-state index contributed by atoms with van der Waals surface area (Å²) in [6.07, 6.45) is 0. The maximum atomic E-state index is 12.4. The summed E-state index contributed by atoms with van der Waals surface area (Å²) >= 11 is 0. The Bertz CT molecular complexity index is 841.